The second-order valence-corrected chi connectivity index (χ2v) is 5.18. The Bertz CT molecular complexity index is 493. The predicted molar refractivity (Wildman–Crippen MR) is 77.0 cm³/mol. The lowest BCUT2D eigenvalue weighted by atomic mass is 10.1. The minimum absolute atomic E-state index is 0.958. The quantitative estimate of drug-likeness (QED) is 0.812. The Morgan fingerprint density at radius 1 is 1.17 bits per heavy atom. The largest absolute Gasteiger partial charge is 0.317 e. The van der Waals surface area contributed by atoms with Crippen molar-refractivity contribution in [3.8, 4) is 10.6 Å². The molecule has 0 spiro atoms. The molecule has 0 aliphatic carbocycles. The van der Waals surface area contributed by atoms with Crippen molar-refractivity contribution in [2.24, 2.45) is 0 Å². The summed E-state index contributed by atoms with van der Waals surface area (Å²) < 4.78 is 0. The lowest BCUT2D eigenvalue weighted by Crippen LogP contribution is -2.15. The predicted octanol–water partition coefficient (Wildman–Crippen LogP) is 2.92. The molecule has 1 N–H and O–H groups in total. The fraction of sp³-hybridized carbons (Fsp3) is 0.429. The van der Waals surface area contributed by atoms with Crippen molar-refractivity contribution in [3.05, 3.63) is 34.8 Å². The third kappa shape index (κ3) is 3.15. The van der Waals surface area contributed by atoms with Gasteiger partial charge in [0.25, 0.3) is 0 Å². The van der Waals surface area contributed by atoms with Gasteiger partial charge >= 0.3 is 0 Å². The molecular weight excluding hydrogens is 242 g/mol. The highest BCUT2D eigenvalue weighted by Gasteiger charge is 2.09. The number of nitrogens with one attached hydrogen (secondary N) is 1. The Labute approximate surface area is 112 Å². The van der Waals surface area contributed by atoms with Crippen LogP contribution in [0.2, 0.25) is 0 Å². The first-order valence-corrected chi connectivity index (χ1v) is 7.28. The molecule has 0 saturated heterocycles. The van der Waals surface area contributed by atoms with Crippen molar-refractivity contribution in [2.75, 3.05) is 13.1 Å². The standard InChI is InChI=1S/C14H19N3S/c1-3-11-7-5-6-8-12(11)14-17-16-13(18-14)9-10-15-4-2/h5-8,15H,3-4,9-10H2,1-2H3. The van der Waals surface area contributed by atoms with Crippen LogP contribution in [-0.2, 0) is 12.8 Å². The zero-order chi connectivity index (χ0) is 12.8. The van der Waals surface area contributed by atoms with Gasteiger partial charge in [-0.05, 0) is 18.5 Å². The number of aromatic nitrogens is 2. The van der Waals surface area contributed by atoms with Gasteiger partial charge in [0.2, 0.25) is 0 Å². The molecule has 96 valence electrons. The van der Waals surface area contributed by atoms with Crippen LogP contribution >= 0.6 is 11.3 Å². The lowest BCUT2D eigenvalue weighted by molar-refractivity contribution is 0.710. The van der Waals surface area contributed by atoms with E-state index in [1.54, 1.807) is 11.3 Å². The van der Waals surface area contributed by atoms with Crippen LogP contribution in [0.15, 0.2) is 24.3 Å². The first-order valence-electron chi connectivity index (χ1n) is 6.46. The maximum absolute atomic E-state index is 4.31. The number of hydrogen-bond donors (Lipinski definition) is 1. The summed E-state index contributed by atoms with van der Waals surface area (Å²) in [5, 5.41) is 14.0. The van der Waals surface area contributed by atoms with Crippen molar-refractivity contribution in [2.45, 2.75) is 26.7 Å². The third-order valence-corrected chi connectivity index (χ3v) is 3.88. The van der Waals surface area contributed by atoms with Crippen molar-refractivity contribution in [3.63, 3.8) is 0 Å². The minimum Gasteiger partial charge on any atom is -0.317 e. The number of likely N-dealkylation sites (N-methyl/N-ethyl adjacent to an activating group) is 1. The van der Waals surface area contributed by atoms with Crippen LogP contribution in [0, 0.1) is 0 Å². The molecule has 0 fully saturated rings. The van der Waals surface area contributed by atoms with Crippen molar-refractivity contribution < 1.29 is 0 Å². The summed E-state index contributed by atoms with van der Waals surface area (Å²) in [6, 6.07) is 8.44. The van der Waals surface area contributed by atoms with E-state index in [2.05, 4.69) is 53.6 Å². The van der Waals surface area contributed by atoms with Crippen molar-refractivity contribution in [1.29, 1.82) is 0 Å². The Morgan fingerprint density at radius 3 is 2.78 bits per heavy atom. The van der Waals surface area contributed by atoms with E-state index in [4.69, 9.17) is 0 Å². The molecule has 0 radical (unpaired) electrons. The van der Waals surface area contributed by atoms with Crippen LogP contribution < -0.4 is 5.32 Å². The molecule has 2 rings (SSSR count). The SMILES string of the molecule is CCNCCc1nnc(-c2ccccc2CC)s1. The Hall–Kier alpha value is -1.26. The van der Waals surface area contributed by atoms with Gasteiger partial charge in [-0.2, -0.15) is 0 Å². The lowest BCUT2D eigenvalue weighted by Gasteiger charge is -2.02. The Kier molecular flexibility index (Phi) is 4.84. The van der Waals surface area contributed by atoms with Gasteiger partial charge in [-0.1, -0.05) is 49.4 Å². The molecular formula is C14H19N3S. The van der Waals surface area contributed by atoms with E-state index in [0.29, 0.717) is 0 Å². The maximum atomic E-state index is 4.31. The van der Waals surface area contributed by atoms with Crippen LogP contribution in [0.3, 0.4) is 0 Å². The molecule has 3 nitrogen and oxygen atoms in total. The molecule has 2 aromatic rings. The third-order valence-electron chi connectivity index (χ3n) is 2.86. The summed E-state index contributed by atoms with van der Waals surface area (Å²) in [6.45, 7) is 6.26. The van der Waals surface area contributed by atoms with Crippen molar-refractivity contribution in [1.82, 2.24) is 15.5 Å². The number of rotatable bonds is 6. The molecule has 4 heteroatoms. The van der Waals surface area contributed by atoms with Gasteiger partial charge in [-0.25, -0.2) is 0 Å². The smallest absolute Gasteiger partial charge is 0.148 e. The van der Waals surface area contributed by atoms with Gasteiger partial charge in [0.05, 0.1) is 0 Å². The monoisotopic (exact) mass is 261 g/mol. The van der Waals surface area contributed by atoms with Gasteiger partial charge in [-0.3, -0.25) is 0 Å². The second kappa shape index (κ2) is 6.61. The maximum Gasteiger partial charge on any atom is 0.148 e. The highest BCUT2D eigenvalue weighted by molar-refractivity contribution is 7.14. The number of aryl methyl sites for hydroxylation is 1. The number of nitrogens with zero attached hydrogens (tertiary/aromatic N) is 2. The van der Waals surface area contributed by atoms with Crippen LogP contribution in [0.1, 0.15) is 24.4 Å². The van der Waals surface area contributed by atoms with Crippen LogP contribution in [0.5, 0.6) is 0 Å². The Morgan fingerprint density at radius 2 is 2.00 bits per heavy atom. The Balaban J connectivity index is 2.13. The topological polar surface area (TPSA) is 37.8 Å². The van der Waals surface area contributed by atoms with E-state index >= 15 is 0 Å². The summed E-state index contributed by atoms with van der Waals surface area (Å²) in [5.74, 6) is 0. The van der Waals surface area contributed by atoms with Crippen LogP contribution in [-0.4, -0.2) is 23.3 Å². The van der Waals surface area contributed by atoms with E-state index in [-0.39, 0.29) is 0 Å². The van der Waals surface area contributed by atoms with Gasteiger partial charge in [-0.15, -0.1) is 10.2 Å². The van der Waals surface area contributed by atoms with Gasteiger partial charge < -0.3 is 5.32 Å². The van der Waals surface area contributed by atoms with E-state index in [9.17, 15) is 0 Å². The van der Waals surface area contributed by atoms with Gasteiger partial charge in [0.15, 0.2) is 0 Å². The van der Waals surface area contributed by atoms with Gasteiger partial charge in [0, 0.05) is 18.5 Å². The van der Waals surface area contributed by atoms with Crippen LogP contribution in [0.4, 0.5) is 0 Å². The molecule has 18 heavy (non-hydrogen) atoms. The van der Waals surface area contributed by atoms with Gasteiger partial charge in [0.1, 0.15) is 10.0 Å². The molecule has 1 aromatic heterocycles. The first-order chi connectivity index (χ1) is 8.85. The highest BCUT2D eigenvalue weighted by atomic mass is 32.1. The normalized spacial score (nSPS) is 10.8. The zero-order valence-corrected chi connectivity index (χ0v) is 11.8. The number of hydrogen-bond acceptors (Lipinski definition) is 4. The van der Waals surface area contributed by atoms with E-state index < -0.39 is 0 Å². The fourth-order valence-electron chi connectivity index (χ4n) is 1.87. The first kappa shape index (κ1) is 13.2. The van der Waals surface area contributed by atoms with Crippen LogP contribution in [0.25, 0.3) is 10.6 Å². The van der Waals surface area contributed by atoms with E-state index in [1.165, 1.54) is 11.1 Å². The molecule has 1 aromatic carbocycles. The fourth-order valence-corrected chi connectivity index (χ4v) is 2.77. The minimum atomic E-state index is 0.958. The molecule has 0 atom stereocenters. The molecule has 0 aliphatic rings. The molecule has 0 saturated carbocycles. The molecule has 0 unspecified atom stereocenters. The molecule has 0 aliphatic heterocycles. The molecule has 1 heterocycles. The average Bonchev–Trinajstić information content (AvgIpc) is 2.88. The molecule has 0 bridgehead atoms. The summed E-state index contributed by atoms with van der Waals surface area (Å²) in [5.41, 5.74) is 2.57. The summed E-state index contributed by atoms with van der Waals surface area (Å²) >= 11 is 1.70. The summed E-state index contributed by atoms with van der Waals surface area (Å²) in [4.78, 5) is 0. The van der Waals surface area contributed by atoms with E-state index in [0.717, 1.165) is 35.9 Å². The zero-order valence-electron chi connectivity index (χ0n) is 10.9. The summed E-state index contributed by atoms with van der Waals surface area (Å²) in [7, 11) is 0. The number of benzene rings is 1. The van der Waals surface area contributed by atoms with Crippen molar-refractivity contribution >= 4 is 11.3 Å². The highest BCUT2D eigenvalue weighted by Crippen LogP contribution is 2.27. The molecule has 0 amide bonds. The average molecular weight is 261 g/mol. The van der Waals surface area contributed by atoms with E-state index in [1.807, 2.05) is 0 Å². The summed E-state index contributed by atoms with van der Waals surface area (Å²) in [6.07, 6.45) is 1.99. The second-order valence-electron chi connectivity index (χ2n) is 4.12.